The van der Waals surface area contributed by atoms with E-state index in [1.54, 1.807) is 13.0 Å². The zero-order valence-corrected chi connectivity index (χ0v) is 9.79. The lowest BCUT2D eigenvalue weighted by atomic mass is 10.3. The molecule has 0 bridgehead atoms. The summed E-state index contributed by atoms with van der Waals surface area (Å²) in [6.45, 7) is 1.77. The lowest BCUT2D eigenvalue weighted by Crippen LogP contribution is -2.21. The molecule has 10 heteroatoms. The average Bonchev–Trinajstić information content (AvgIpc) is 2.15. The number of rotatable bonds is 1. The highest BCUT2D eigenvalue weighted by Crippen LogP contribution is 2.13. The molecule has 3 N–H and O–H groups in total. The smallest absolute Gasteiger partial charge is 0.475 e. The number of aryl methyl sites for hydroxylation is 1. The van der Waals surface area contributed by atoms with Crippen molar-refractivity contribution in [2.75, 3.05) is 0 Å². The van der Waals surface area contributed by atoms with Gasteiger partial charge in [0.05, 0.1) is 0 Å². The Kier molecular flexibility index (Phi) is 5.24. The summed E-state index contributed by atoms with van der Waals surface area (Å²) in [4.78, 5) is 12.5. The van der Waals surface area contributed by atoms with Gasteiger partial charge in [0.25, 0.3) is 10.0 Å². The van der Waals surface area contributed by atoms with E-state index in [1.165, 1.54) is 12.3 Å². The van der Waals surface area contributed by atoms with Crippen LogP contribution in [-0.2, 0) is 14.8 Å². The van der Waals surface area contributed by atoms with Crippen molar-refractivity contribution in [3.05, 3.63) is 23.9 Å². The monoisotopic (exact) mass is 286 g/mol. The first-order valence-electron chi connectivity index (χ1n) is 4.20. The Morgan fingerprint density at radius 1 is 1.44 bits per heavy atom. The molecule has 0 saturated carbocycles. The minimum atomic E-state index is -5.08. The van der Waals surface area contributed by atoms with Gasteiger partial charge in [-0.3, -0.25) is 0 Å². The largest absolute Gasteiger partial charge is 0.490 e. The van der Waals surface area contributed by atoms with Crippen molar-refractivity contribution in [1.82, 2.24) is 4.98 Å². The van der Waals surface area contributed by atoms with Gasteiger partial charge in [-0.05, 0) is 24.6 Å². The summed E-state index contributed by atoms with van der Waals surface area (Å²) in [5.41, 5.74) is 0.823. The minimum absolute atomic E-state index is 0.0856. The Morgan fingerprint density at radius 2 is 1.89 bits per heavy atom. The van der Waals surface area contributed by atoms with Crippen LogP contribution in [-0.4, -0.2) is 30.7 Å². The third-order valence-corrected chi connectivity index (χ3v) is 2.23. The van der Waals surface area contributed by atoms with Crippen molar-refractivity contribution < 1.29 is 31.5 Å². The average molecular weight is 286 g/mol. The molecule has 0 atom stereocenters. The van der Waals surface area contributed by atoms with Gasteiger partial charge in [-0.1, -0.05) is 0 Å². The van der Waals surface area contributed by atoms with Crippen LogP contribution in [0.3, 0.4) is 0 Å². The molecular weight excluding hydrogens is 277 g/mol. The third-order valence-electron chi connectivity index (χ3n) is 1.42. The van der Waals surface area contributed by atoms with Gasteiger partial charge in [-0.25, -0.2) is 23.3 Å². The summed E-state index contributed by atoms with van der Waals surface area (Å²) in [6.07, 6.45) is -3.67. The Morgan fingerprint density at radius 3 is 2.11 bits per heavy atom. The van der Waals surface area contributed by atoms with Gasteiger partial charge in [-0.15, -0.1) is 0 Å². The van der Waals surface area contributed by atoms with Crippen LogP contribution in [0.5, 0.6) is 0 Å². The van der Waals surface area contributed by atoms with Gasteiger partial charge < -0.3 is 5.11 Å². The number of pyridine rings is 1. The van der Waals surface area contributed by atoms with E-state index in [9.17, 15) is 21.6 Å². The van der Waals surface area contributed by atoms with Crippen LogP contribution in [0.4, 0.5) is 13.2 Å². The molecular formula is C8H9F3N2O4S. The minimum Gasteiger partial charge on any atom is -0.475 e. The number of alkyl halides is 3. The van der Waals surface area contributed by atoms with E-state index in [4.69, 9.17) is 15.0 Å². The van der Waals surface area contributed by atoms with Crippen LogP contribution in [0.15, 0.2) is 23.4 Å². The van der Waals surface area contributed by atoms with Crippen molar-refractivity contribution >= 4 is 16.0 Å². The molecule has 0 aromatic carbocycles. The van der Waals surface area contributed by atoms with Crippen molar-refractivity contribution in [1.29, 1.82) is 0 Å². The molecule has 0 saturated heterocycles. The van der Waals surface area contributed by atoms with Crippen molar-refractivity contribution in [2.24, 2.45) is 5.14 Å². The fourth-order valence-corrected chi connectivity index (χ4v) is 1.22. The summed E-state index contributed by atoms with van der Waals surface area (Å²) in [5, 5.41) is 11.9. The molecule has 0 spiro atoms. The summed E-state index contributed by atoms with van der Waals surface area (Å²) in [7, 11) is -3.64. The molecule has 1 aromatic heterocycles. The molecule has 1 heterocycles. The highest BCUT2D eigenvalue weighted by atomic mass is 32.2. The first-order chi connectivity index (χ1) is 7.94. The fourth-order valence-electron chi connectivity index (χ4n) is 0.664. The zero-order chi connectivity index (χ0) is 14.6. The topological polar surface area (TPSA) is 110 Å². The maximum atomic E-state index is 10.7. The number of halogens is 3. The molecule has 0 fully saturated rings. The molecule has 1 rings (SSSR count). The van der Waals surface area contributed by atoms with E-state index in [-0.39, 0.29) is 5.03 Å². The molecule has 102 valence electrons. The predicted octanol–water partition coefficient (Wildman–Crippen LogP) is 0.671. The lowest BCUT2D eigenvalue weighted by molar-refractivity contribution is -0.192. The SMILES string of the molecule is Cc1ccnc(S(N)(=O)=O)c1.O=C(O)C(F)(F)F. The number of aliphatic carboxylic acids is 1. The molecule has 1 aromatic rings. The summed E-state index contributed by atoms with van der Waals surface area (Å²) >= 11 is 0. The number of carbonyl (C=O) groups is 1. The molecule has 6 nitrogen and oxygen atoms in total. The Labute approximate surface area is 100 Å². The van der Waals surface area contributed by atoms with E-state index in [0.717, 1.165) is 5.56 Å². The van der Waals surface area contributed by atoms with Crippen LogP contribution in [0.2, 0.25) is 0 Å². The summed E-state index contributed by atoms with van der Waals surface area (Å²) in [6, 6.07) is 3.13. The fraction of sp³-hybridized carbons (Fsp3) is 0.250. The van der Waals surface area contributed by atoms with E-state index in [1.807, 2.05) is 0 Å². The number of hydrogen-bond acceptors (Lipinski definition) is 4. The number of nitrogens with zero attached hydrogens (tertiary/aromatic N) is 1. The summed E-state index contributed by atoms with van der Waals surface area (Å²) in [5.74, 6) is -2.76. The van der Waals surface area contributed by atoms with Gasteiger partial charge in [0.15, 0.2) is 5.03 Å². The molecule has 0 aliphatic heterocycles. The Balaban J connectivity index is 0.000000360. The van der Waals surface area contributed by atoms with Crippen LogP contribution in [0, 0.1) is 6.92 Å². The molecule has 0 amide bonds. The van der Waals surface area contributed by atoms with Gasteiger partial charge in [0.1, 0.15) is 0 Å². The van der Waals surface area contributed by atoms with Crippen LogP contribution in [0.1, 0.15) is 5.56 Å². The number of hydrogen-bond donors (Lipinski definition) is 2. The standard InChI is InChI=1S/C6H8N2O2S.C2HF3O2/c1-5-2-3-8-6(4-5)11(7,9)10;3-2(4,5)1(6)7/h2-4H,1H3,(H2,7,9,10);(H,6,7). The highest BCUT2D eigenvalue weighted by Gasteiger charge is 2.38. The number of primary sulfonamides is 1. The number of nitrogens with two attached hydrogens (primary N) is 1. The second-order valence-electron chi connectivity index (χ2n) is 3.02. The van der Waals surface area contributed by atoms with Gasteiger partial charge in [-0.2, -0.15) is 13.2 Å². The first kappa shape index (κ1) is 16.3. The van der Waals surface area contributed by atoms with Gasteiger partial charge in [0, 0.05) is 6.20 Å². The second-order valence-corrected chi connectivity index (χ2v) is 4.53. The quantitative estimate of drug-likeness (QED) is 0.788. The predicted molar refractivity (Wildman–Crippen MR) is 54.0 cm³/mol. The van der Waals surface area contributed by atoms with Crippen molar-refractivity contribution in [3.8, 4) is 0 Å². The maximum Gasteiger partial charge on any atom is 0.490 e. The first-order valence-corrected chi connectivity index (χ1v) is 5.75. The van der Waals surface area contributed by atoms with Crippen LogP contribution < -0.4 is 5.14 Å². The molecule has 0 aliphatic rings. The molecule has 0 radical (unpaired) electrons. The van der Waals surface area contributed by atoms with Gasteiger partial charge >= 0.3 is 12.1 Å². The Bertz CT molecular complexity index is 527. The molecule has 18 heavy (non-hydrogen) atoms. The van der Waals surface area contributed by atoms with Crippen molar-refractivity contribution in [3.63, 3.8) is 0 Å². The number of carboxylic acid groups (broad SMARTS) is 1. The normalized spacial score (nSPS) is 11.4. The maximum absolute atomic E-state index is 10.7. The van der Waals surface area contributed by atoms with E-state index in [2.05, 4.69) is 4.98 Å². The zero-order valence-electron chi connectivity index (χ0n) is 8.97. The van der Waals surface area contributed by atoms with Crippen LogP contribution in [0.25, 0.3) is 0 Å². The number of sulfonamides is 1. The van der Waals surface area contributed by atoms with E-state index in [0.29, 0.717) is 0 Å². The molecule has 0 aliphatic carbocycles. The number of carboxylic acids is 1. The highest BCUT2D eigenvalue weighted by molar-refractivity contribution is 7.89. The van der Waals surface area contributed by atoms with Crippen molar-refractivity contribution in [2.45, 2.75) is 18.1 Å². The third kappa shape index (κ3) is 6.15. The molecule has 0 unspecified atom stereocenters. The van der Waals surface area contributed by atoms with E-state index < -0.39 is 22.2 Å². The summed E-state index contributed by atoms with van der Waals surface area (Å²) < 4.78 is 53.1. The van der Waals surface area contributed by atoms with Gasteiger partial charge in [0.2, 0.25) is 0 Å². The second kappa shape index (κ2) is 5.78. The number of aromatic nitrogens is 1. The van der Waals surface area contributed by atoms with Crippen LogP contribution >= 0.6 is 0 Å². The van der Waals surface area contributed by atoms with E-state index >= 15 is 0 Å². The Hall–Kier alpha value is -1.68. The lowest BCUT2D eigenvalue weighted by Gasteiger charge is -1.96.